The molecule has 7 nitrogen and oxygen atoms in total. The van der Waals surface area contributed by atoms with Crippen molar-refractivity contribution in [3.63, 3.8) is 0 Å². The van der Waals surface area contributed by atoms with Gasteiger partial charge in [0.2, 0.25) is 12.5 Å². The van der Waals surface area contributed by atoms with E-state index in [-0.39, 0.29) is 19.4 Å². The van der Waals surface area contributed by atoms with Crippen LogP contribution in [0.3, 0.4) is 0 Å². The molecule has 2 aliphatic rings. The number of carbonyl (C=O) groups is 1. The lowest BCUT2D eigenvalue weighted by molar-refractivity contribution is -0.914. The zero-order valence-corrected chi connectivity index (χ0v) is 17.4. The smallest absolute Gasteiger partial charge is 0.252 e. The maximum Gasteiger partial charge on any atom is 0.252 e. The number of amides is 1. The summed E-state index contributed by atoms with van der Waals surface area (Å²) in [6, 6.07) is 8.80. The lowest BCUT2D eigenvalue weighted by Crippen LogP contribution is -2.47. The summed E-state index contributed by atoms with van der Waals surface area (Å²) in [7, 11) is 5.94. The van der Waals surface area contributed by atoms with Crippen molar-refractivity contribution in [1.82, 2.24) is 0 Å². The molecule has 0 bridgehead atoms. The van der Waals surface area contributed by atoms with E-state index in [1.807, 2.05) is 6.07 Å². The standard InChI is InChI=1S/C23H24N2O5/c1-25(2)11-10-15-13-19-21(30-14-29-19)22(27-3)20(15)17(25)8-6-12-28-18-9-5-4-7-16(18)23(24)26/h4-5,7,9,13,17H,10-12,14H2,1-3H3,(H-,24,26)/p+1/t17-/m0/s1. The number of nitrogens with two attached hydrogens (primary N) is 1. The number of methoxy groups -OCH3 is 1. The van der Waals surface area contributed by atoms with Crippen LogP contribution in [0.25, 0.3) is 0 Å². The first-order valence-corrected chi connectivity index (χ1v) is 9.74. The minimum atomic E-state index is -0.529. The molecule has 0 unspecified atom stereocenters. The van der Waals surface area contributed by atoms with Gasteiger partial charge in [0.1, 0.15) is 12.4 Å². The third-order valence-corrected chi connectivity index (χ3v) is 5.57. The van der Waals surface area contributed by atoms with E-state index in [0.717, 1.165) is 29.8 Å². The molecule has 2 heterocycles. The van der Waals surface area contributed by atoms with Gasteiger partial charge in [-0.25, -0.2) is 0 Å². The fourth-order valence-corrected chi connectivity index (χ4v) is 3.97. The number of para-hydroxylation sites is 1. The topological polar surface area (TPSA) is 80.0 Å². The van der Waals surface area contributed by atoms with Crippen molar-refractivity contribution in [2.45, 2.75) is 12.5 Å². The third-order valence-electron chi connectivity index (χ3n) is 5.57. The van der Waals surface area contributed by atoms with Crippen LogP contribution >= 0.6 is 0 Å². The molecule has 4 rings (SSSR count). The Morgan fingerprint density at radius 1 is 1.30 bits per heavy atom. The predicted octanol–water partition coefficient (Wildman–Crippen LogP) is 2.28. The lowest BCUT2D eigenvalue weighted by atomic mass is 9.89. The number of fused-ring (bicyclic) bond motifs is 2. The Labute approximate surface area is 175 Å². The molecule has 2 aromatic carbocycles. The molecule has 0 spiro atoms. The van der Waals surface area contributed by atoms with E-state index in [2.05, 4.69) is 25.9 Å². The molecular weight excluding hydrogens is 384 g/mol. The van der Waals surface area contributed by atoms with Crippen molar-refractivity contribution < 1.29 is 28.2 Å². The van der Waals surface area contributed by atoms with Gasteiger partial charge in [-0.3, -0.25) is 4.79 Å². The maximum absolute atomic E-state index is 11.6. The van der Waals surface area contributed by atoms with E-state index >= 15 is 0 Å². The van der Waals surface area contributed by atoms with Gasteiger partial charge in [0.25, 0.3) is 5.91 Å². The number of hydrogen-bond donors (Lipinski definition) is 1. The van der Waals surface area contributed by atoms with Crippen LogP contribution in [0.2, 0.25) is 0 Å². The van der Waals surface area contributed by atoms with Crippen LogP contribution in [0.5, 0.6) is 23.0 Å². The Bertz CT molecular complexity index is 1050. The van der Waals surface area contributed by atoms with E-state index in [1.54, 1.807) is 31.4 Å². The Kier molecular flexibility index (Phi) is 5.18. The second kappa shape index (κ2) is 7.81. The fraction of sp³-hybridized carbons (Fsp3) is 0.348. The Balaban J connectivity index is 1.64. The van der Waals surface area contributed by atoms with Gasteiger partial charge in [0.05, 0.1) is 38.9 Å². The Morgan fingerprint density at radius 2 is 2.10 bits per heavy atom. The average molecular weight is 409 g/mol. The van der Waals surface area contributed by atoms with Crippen molar-refractivity contribution in [3.05, 3.63) is 47.0 Å². The van der Waals surface area contributed by atoms with E-state index in [0.29, 0.717) is 27.3 Å². The maximum atomic E-state index is 11.6. The summed E-state index contributed by atoms with van der Waals surface area (Å²) in [6.07, 6.45) is 0.899. The Hall–Kier alpha value is -3.37. The van der Waals surface area contributed by atoms with Gasteiger partial charge in [-0.1, -0.05) is 18.1 Å². The molecule has 0 saturated heterocycles. The first kappa shape index (κ1) is 19.9. The van der Waals surface area contributed by atoms with Gasteiger partial charge >= 0.3 is 0 Å². The number of likely N-dealkylation sites (N-methyl/N-ethyl adjacent to an activating group) is 1. The molecule has 0 aliphatic carbocycles. The fourth-order valence-electron chi connectivity index (χ4n) is 3.97. The lowest BCUT2D eigenvalue weighted by Gasteiger charge is -2.40. The molecule has 1 amide bonds. The normalized spacial score (nSPS) is 18.0. The van der Waals surface area contributed by atoms with Crippen molar-refractivity contribution >= 4 is 5.91 Å². The van der Waals surface area contributed by atoms with Gasteiger partial charge in [0, 0.05) is 6.42 Å². The highest BCUT2D eigenvalue weighted by atomic mass is 16.7. The van der Waals surface area contributed by atoms with Crippen molar-refractivity contribution in [2.75, 3.05) is 41.1 Å². The zero-order chi connectivity index (χ0) is 21.3. The van der Waals surface area contributed by atoms with Crippen LogP contribution < -0.4 is 24.7 Å². The van der Waals surface area contributed by atoms with Gasteiger partial charge in [-0.2, -0.15) is 0 Å². The van der Waals surface area contributed by atoms with E-state index in [1.165, 1.54) is 0 Å². The van der Waals surface area contributed by atoms with Crippen LogP contribution in [-0.2, 0) is 6.42 Å². The largest absolute Gasteiger partial charge is 0.492 e. The first-order valence-electron chi connectivity index (χ1n) is 9.74. The van der Waals surface area contributed by atoms with Gasteiger partial charge < -0.3 is 29.2 Å². The van der Waals surface area contributed by atoms with Crippen molar-refractivity contribution in [2.24, 2.45) is 5.73 Å². The van der Waals surface area contributed by atoms with Crippen LogP contribution in [0.1, 0.15) is 27.5 Å². The van der Waals surface area contributed by atoms with Crippen LogP contribution in [-0.4, -0.2) is 51.5 Å². The minimum Gasteiger partial charge on any atom is -0.492 e. The zero-order valence-electron chi connectivity index (χ0n) is 17.4. The quantitative estimate of drug-likeness (QED) is 0.619. The van der Waals surface area contributed by atoms with E-state index < -0.39 is 5.91 Å². The van der Waals surface area contributed by atoms with E-state index in [9.17, 15) is 4.79 Å². The summed E-state index contributed by atoms with van der Waals surface area (Å²) in [5.74, 6) is 8.41. The van der Waals surface area contributed by atoms with Gasteiger partial charge in [-0.15, -0.1) is 0 Å². The van der Waals surface area contributed by atoms with Crippen LogP contribution in [0.15, 0.2) is 30.3 Å². The Morgan fingerprint density at radius 3 is 2.87 bits per heavy atom. The third kappa shape index (κ3) is 3.51. The summed E-state index contributed by atoms with van der Waals surface area (Å²) >= 11 is 0. The van der Waals surface area contributed by atoms with Gasteiger partial charge in [0.15, 0.2) is 17.5 Å². The molecule has 2 N–H and O–H groups in total. The van der Waals surface area contributed by atoms with E-state index in [4.69, 9.17) is 24.7 Å². The predicted molar refractivity (Wildman–Crippen MR) is 111 cm³/mol. The number of carbonyl (C=O) groups excluding carboxylic acids is 1. The summed E-state index contributed by atoms with van der Waals surface area (Å²) < 4.78 is 23.4. The second-order valence-corrected chi connectivity index (χ2v) is 7.84. The van der Waals surface area contributed by atoms with Crippen molar-refractivity contribution in [1.29, 1.82) is 0 Å². The molecular formula is C23H25N2O5+. The molecule has 2 aliphatic heterocycles. The monoisotopic (exact) mass is 409 g/mol. The van der Waals surface area contributed by atoms with Crippen molar-refractivity contribution in [3.8, 4) is 34.8 Å². The number of nitrogens with zero attached hydrogens (tertiary/aromatic N) is 1. The number of quaternary nitrogens is 1. The summed E-state index contributed by atoms with van der Waals surface area (Å²) in [5, 5.41) is 0. The van der Waals surface area contributed by atoms with Crippen LogP contribution in [0, 0.1) is 11.8 Å². The second-order valence-electron chi connectivity index (χ2n) is 7.84. The number of ether oxygens (including phenoxy) is 4. The van der Waals surface area contributed by atoms with Gasteiger partial charge in [-0.05, 0) is 29.7 Å². The molecule has 0 saturated carbocycles. The van der Waals surface area contributed by atoms with Crippen LogP contribution in [0.4, 0.5) is 0 Å². The number of rotatable bonds is 4. The molecule has 156 valence electrons. The first-order chi connectivity index (χ1) is 14.4. The summed E-state index contributed by atoms with van der Waals surface area (Å²) in [5.41, 5.74) is 7.94. The number of primary amides is 1. The highest BCUT2D eigenvalue weighted by molar-refractivity contribution is 5.95. The average Bonchev–Trinajstić information content (AvgIpc) is 3.19. The molecule has 30 heavy (non-hydrogen) atoms. The summed E-state index contributed by atoms with van der Waals surface area (Å²) in [6.45, 7) is 1.26. The summed E-state index contributed by atoms with van der Waals surface area (Å²) in [4.78, 5) is 11.6. The number of benzene rings is 2. The molecule has 7 heteroatoms. The highest BCUT2D eigenvalue weighted by Gasteiger charge is 2.40. The molecule has 0 aromatic heterocycles. The SMILES string of the molecule is COc1c2c(cc3c1[C@H](C#CCOc1ccccc1C(N)=O)[N+](C)(C)CC3)OCO2. The molecule has 2 aromatic rings. The minimum absolute atomic E-state index is 0.117. The molecule has 0 fully saturated rings. The molecule has 0 radical (unpaired) electrons. The highest BCUT2D eigenvalue weighted by Crippen LogP contribution is 2.50. The number of hydrogen-bond acceptors (Lipinski definition) is 5. The molecule has 1 atom stereocenters.